The molecule has 1 fully saturated rings. The Hall–Kier alpha value is -1.57. The first-order chi connectivity index (χ1) is 12.1. The number of ether oxygens (including phenoxy) is 1. The molecule has 8 heteroatoms. The maximum Gasteiger partial charge on any atom is 0.282 e. The largest absolute Gasteiger partial charge is 0.491 e. The smallest absolute Gasteiger partial charge is 0.282 e. The van der Waals surface area contributed by atoms with Gasteiger partial charge in [0, 0.05) is 39.8 Å². The molecule has 0 N–H and O–H groups in total. The van der Waals surface area contributed by atoms with Gasteiger partial charge in [-0.2, -0.15) is 5.10 Å². The van der Waals surface area contributed by atoms with Gasteiger partial charge in [0.2, 0.25) is 0 Å². The highest BCUT2D eigenvalue weighted by atomic mass is 79.9. The SMILES string of the molecule is Cn1ncc(N2CCN(CCOc3ccccc3Cl)CC2)c(Br)c1=O. The molecule has 1 aliphatic heterocycles. The van der Waals surface area contributed by atoms with Crippen molar-refractivity contribution in [2.45, 2.75) is 0 Å². The number of aryl methyl sites for hydroxylation is 1. The first kappa shape index (κ1) is 18.2. The summed E-state index contributed by atoms with van der Waals surface area (Å²) in [7, 11) is 1.65. The summed E-state index contributed by atoms with van der Waals surface area (Å²) in [5, 5.41) is 4.75. The summed E-state index contributed by atoms with van der Waals surface area (Å²) in [4.78, 5) is 16.5. The monoisotopic (exact) mass is 426 g/mol. The van der Waals surface area contributed by atoms with E-state index in [1.54, 1.807) is 13.2 Å². The zero-order valence-corrected chi connectivity index (χ0v) is 16.3. The highest BCUT2D eigenvalue weighted by Gasteiger charge is 2.20. The van der Waals surface area contributed by atoms with Crippen molar-refractivity contribution in [2.24, 2.45) is 7.05 Å². The second-order valence-electron chi connectivity index (χ2n) is 5.88. The van der Waals surface area contributed by atoms with Crippen LogP contribution in [0.5, 0.6) is 5.75 Å². The van der Waals surface area contributed by atoms with Crippen LogP contribution in [0.2, 0.25) is 5.02 Å². The van der Waals surface area contributed by atoms with Crippen molar-refractivity contribution >= 4 is 33.2 Å². The Kier molecular flexibility index (Phi) is 5.98. The van der Waals surface area contributed by atoms with E-state index in [0.717, 1.165) is 44.2 Å². The Morgan fingerprint density at radius 1 is 1.24 bits per heavy atom. The molecule has 3 rings (SSSR count). The Labute approximate surface area is 160 Å². The van der Waals surface area contributed by atoms with Crippen LogP contribution in [0.3, 0.4) is 0 Å². The molecule has 0 aliphatic carbocycles. The van der Waals surface area contributed by atoms with E-state index in [-0.39, 0.29) is 5.56 Å². The Morgan fingerprint density at radius 3 is 2.68 bits per heavy atom. The number of benzene rings is 1. The normalized spacial score (nSPS) is 15.4. The van der Waals surface area contributed by atoms with Gasteiger partial charge in [-0.1, -0.05) is 23.7 Å². The van der Waals surface area contributed by atoms with Gasteiger partial charge in [-0.05, 0) is 28.1 Å². The predicted molar refractivity (Wildman–Crippen MR) is 103 cm³/mol. The van der Waals surface area contributed by atoms with Crippen molar-refractivity contribution in [3.63, 3.8) is 0 Å². The molecule has 6 nitrogen and oxygen atoms in total. The molecule has 2 heterocycles. The van der Waals surface area contributed by atoms with Gasteiger partial charge in [0.15, 0.2) is 0 Å². The maximum atomic E-state index is 12.0. The van der Waals surface area contributed by atoms with E-state index in [4.69, 9.17) is 16.3 Å². The van der Waals surface area contributed by atoms with Crippen molar-refractivity contribution in [3.05, 3.63) is 50.3 Å². The highest BCUT2D eigenvalue weighted by Crippen LogP contribution is 2.24. The first-order valence-corrected chi connectivity index (χ1v) is 9.30. The second kappa shape index (κ2) is 8.21. The minimum atomic E-state index is -0.118. The molecule has 1 aliphatic rings. The second-order valence-corrected chi connectivity index (χ2v) is 7.08. The summed E-state index contributed by atoms with van der Waals surface area (Å²) in [6, 6.07) is 7.50. The van der Waals surface area contributed by atoms with Gasteiger partial charge < -0.3 is 9.64 Å². The van der Waals surface area contributed by atoms with Crippen LogP contribution in [0.15, 0.2) is 39.7 Å². The van der Waals surface area contributed by atoms with Crippen molar-refractivity contribution in [2.75, 3.05) is 44.2 Å². The number of aromatic nitrogens is 2. The Balaban J connectivity index is 1.50. The lowest BCUT2D eigenvalue weighted by Gasteiger charge is -2.36. The number of hydrogen-bond acceptors (Lipinski definition) is 5. The molecule has 1 saturated heterocycles. The van der Waals surface area contributed by atoms with E-state index in [2.05, 4.69) is 30.8 Å². The van der Waals surface area contributed by atoms with E-state index >= 15 is 0 Å². The third-order valence-corrected chi connectivity index (χ3v) is 5.33. The number of hydrogen-bond donors (Lipinski definition) is 0. The zero-order valence-electron chi connectivity index (χ0n) is 14.0. The fourth-order valence-corrected chi connectivity index (χ4v) is 3.58. The molecule has 134 valence electrons. The van der Waals surface area contributed by atoms with Gasteiger partial charge in [0.25, 0.3) is 5.56 Å². The number of rotatable bonds is 5. The van der Waals surface area contributed by atoms with Crippen molar-refractivity contribution in [1.29, 1.82) is 0 Å². The molecule has 0 amide bonds. The fraction of sp³-hybridized carbons (Fsp3) is 0.412. The minimum Gasteiger partial charge on any atom is -0.491 e. The minimum absolute atomic E-state index is 0.118. The van der Waals surface area contributed by atoms with Crippen LogP contribution in [-0.2, 0) is 7.05 Å². The van der Waals surface area contributed by atoms with Crippen molar-refractivity contribution < 1.29 is 4.74 Å². The molecule has 0 radical (unpaired) electrons. The highest BCUT2D eigenvalue weighted by molar-refractivity contribution is 9.10. The Morgan fingerprint density at radius 2 is 1.96 bits per heavy atom. The standard InChI is InChI=1S/C17H20BrClN4O2/c1-21-17(24)16(18)14(12-20-21)23-8-6-22(7-9-23)10-11-25-15-5-3-2-4-13(15)19/h2-5,12H,6-11H2,1H3. The van der Waals surface area contributed by atoms with Gasteiger partial charge in [0.05, 0.1) is 16.9 Å². The average molecular weight is 428 g/mol. The van der Waals surface area contributed by atoms with Crippen LogP contribution in [-0.4, -0.2) is 54.0 Å². The van der Waals surface area contributed by atoms with Gasteiger partial charge in [0.1, 0.15) is 16.8 Å². The summed E-state index contributed by atoms with van der Waals surface area (Å²) in [5.41, 5.74) is 0.739. The van der Waals surface area contributed by atoms with Crippen LogP contribution in [0, 0.1) is 0 Å². The van der Waals surface area contributed by atoms with E-state index in [9.17, 15) is 4.79 Å². The zero-order chi connectivity index (χ0) is 17.8. The molecule has 0 saturated carbocycles. The third-order valence-electron chi connectivity index (χ3n) is 4.27. The van der Waals surface area contributed by atoms with E-state index < -0.39 is 0 Å². The molecule has 0 spiro atoms. The lowest BCUT2D eigenvalue weighted by Crippen LogP contribution is -2.48. The van der Waals surface area contributed by atoms with Crippen LogP contribution >= 0.6 is 27.5 Å². The number of anilines is 1. The summed E-state index contributed by atoms with van der Waals surface area (Å²) < 4.78 is 7.65. The van der Waals surface area contributed by atoms with Crippen LogP contribution in [0.4, 0.5) is 5.69 Å². The molecule has 0 atom stereocenters. The molecule has 25 heavy (non-hydrogen) atoms. The Bertz CT molecular complexity index is 790. The molecule has 0 bridgehead atoms. The van der Waals surface area contributed by atoms with Crippen LogP contribution in [0.1, 0.15) is 0 Å². The maximum absolute atomic E-state index is 12.0. The average Bonchev–Trinajstić information content (AvgIpc) is 2.62. The number of halogens is 2. The molecule has 1 aromatic heterocycles. The predicted octanol–water partition coefficient (Wildman–Crippen LogP) is 2.40. The topological polar surface area (TPSA) is 50.6 Å². The van der Waals surface area contributed by atoms with Crippen molar-refractivity contribution in [3.8, 4) is 5.75 Å². The summed E-state index contributed by atoms with van der Waals surface area (Å²) in [6.45, 7) is 4.95. The summed E-state index contributed by atoms with van der Waals surface area (Å²) in [5.74, 6) is 0.720. The van der Waals surface area contributed by atoms with Crippen LogP contribution in [0.25, 0.3) is 0 Å². The van der Waals surface area contributed by atoms with Gasteiger partial charge in [-0.25, -0.2) is 4.68 Å². The van der Waals surface area contributed by atoms with Crippen molar-refractivity contribution in [1.82, 2.24) is 14.7 Å². The molecule has 0 unspecified atom stereocenters. The number of nitrogens with zero attached hydrogens (tertiary/aromatic N) is 4. The quantitative estimate of drug-likeness (QED) is 0.733. The summed E-state index contributed by atoms with van der Waals surface area (Å²) in [6.07, 6.45) is 1.74. The lowest BCUT2D eigenvalue weighted by atomic mass is 10.3. The van der Waals surface area contributed by atoms with Gasteiger partial charge in [-0.3, -0.25) is 9.69 Å². The molecular formula is C17H20BrClN4O2. The number of piperazine rings is 1. The molecule has 2 aromatic rings. The first-order valence-electron chi connectivity index (χ1n) is 8.12. The van der Waals surface area contributed by atoms with E-state index in [1.807, 2.05) is 24.3 Å². The summed E-state index contributed by atoms with van der Waals surface area (Å²) >= 11 is 9.48. The molecule has 1 aromatic carbocycles. The van der Waals surface area contributed by atoms with E-state index in [0.29, 0.717) is 16.1 Å². The van der Waals surface area contributed by atoms with Gasteiger partial charge >= 0.3 is 0 Å². The third kappa shape index (κ3) is 4.34. The lowest BCUT2D eigenvalue weighted by molar-refractivity contribution is 0.200. The molecular weight excluding hydrogens is 408 g/mol. The fourth-order valence-electron chi connectivity index (χ4n) is 2.78. The van der Waals surface area contributed by atoms with Gasteiger partial charge in [-0.15, -0.1) is 0 Å². The number of para-hydroxylation sites is 1. The van der Waals surface area contributed by atoms with E-state index in [1.165, 1.54) is 4.68 Å². The van der Waals surface area contributed by atoms with Crippen LogP contribution < -0.4 is 15.2 Å².